The minimum atomic E-state index is 0.493. The van der Waals surface area contributed by atoms with E-state index >= 15 is 0 Å². The van der Waals surface area contributed by atoms with Gasteiger partial charge in [0.05, 0.1) is 13.4 Å². The number of methoxy groups -OCH3 is 1. The number of hydrogen-bond acceptors (Lipinski definition) is 3. The van der Waals surface area contributed by atoms with Gasteiger partial charge in [-0.2, -0.15) is 0 Å². The second kappa shape index (κ2) is 7.00. The van der Waals surface area contributed by atoms with Gasteiger partial charge in [0.15, 0.2) is 0 Å². The zero-order valence-corrected chi connectivity index (χ0v) is 11.6. The van der Waals surface area contributed by atoms with Gasteiger partial charge in [0.2, 0.25) is 0 Å². The van der Waals surface area contributed by atoms with Gasteiger partial charge in [0.1, 0.15) is 11.5 Å². The molecule has 1 atom stereocenters. The molecule has 3 heteroatoms. The molecule has 1 aromatic heterocycles. The molecule has 102 valence electrons. The molecule has 3 nitrogen and oxygen atoms in total. The fraction of sp³-hybridized carbons (Fsp3) is 0.375. The monoisotopic (exact) mass is 259 g/mol. The van der Waals surface area contributed by atoms with Gasteiger partial charge in [-0.05, 0) is 49.7 Å². The van der Waals surface area contributed by atoms with E-state index in [0.29, 0.717) is 5.92 Å². The molecule has 0 radical (unpaired) electrons. The second-order valence-electron chi connectivity index (χ2n) is 4.72. The van der Waals surface area contributed by atoms with Gasteiger partial charge >= 0.3 is 0 Å². The van der Waals surface area contributed by atoms with Crippen LogP contribution in [0.5, 0.6) is 5.75 Å². The molecule has 19 heavy (non-hydrogen) atoms. The van der Waals surface area contributed by atoms with Crippen LogP contribution in [0, 0.1) is 5.92 Å². The van der Waals surface area contributed by atoms with Crippen LogP contribution in [0.2, 0.25) is 0 Å². The Kier molecular flexibility index (Phi) is 5.04. The third-order valence-corrected chi connectivity index (χ3v) is 3.26. The van der Waals surface area contributed by atoms with Gasteiger partial charge in [-0.1, -0.05) is 18.2 Å². The normalized spacial score (nSPS) is 12.3. The summed E-state index contributed by atoms with van der Waals surface area (Å²) in [6.45, 7) is 0.957. The molecule has 0 aliphatic rings. The third kappa shape index (κ3) is 3.86. The highest BCUT2D eigenvalue weighted by Gasteiger charge is 2.14. The summed E-state index contributed by atoms with van der Waals surface area (Å²) in [5.41, 5.74) is 1.25. The van der Waals surface area contributed by atoms with Crippen LogP contribution in [0.25, 0.3) is 0 Å². The first-order valence-electron chi connectivity index (χ1n) is 6.62. The van der Waals surface area contributed by atoms with Crippen molar-refractivity contribution in [3.63, 3.8) is 0 Å². The molecule has 1 N–H and O–H groups in total. The Balaban J connectivity index is 2.07. The minimum absolute atomic E-state index is 0.493. The van der Waals surface area contributed by atoms with Crippen molar-refractivity contribution < 1.29 is 9.15 Å². The zero-order chi connectivity index (χ0) is 13.5. The molecular formula is C16H21NO2. The molecule has 0 spiro atoms. The molecule has 0 saturated heterocycles. The standard InChI is InChI=1S/C16H21NO2/c1-17-12-13(11-15-7-5-9-19-15)10-14-6-3-4-8-16(14)18-2/h3-9,13,17H,10-12H2,1-2H3. The van der Waals surface area contributed by atoms with E-state index < -0.39 is 0 Å². The summed E-state index contributed by atoms with van der Waals surface area (Å²) in [7, 11) is 3.70. The number of furan rings is 1. The van der Waals surface area contributed by atoms with Crippen molar-refractivity contribution in [2.75, 3.05) is 20.7 Å². The van der Waals surface area contributed by atoms with E-state index in [1.807, 2.05) is 31.3 Å². The summed E-state index contributed by atoms with van der Waals surface area (Å²) in [5, 5.41) is 3.26. The highest BCUT2D eigenvalue weighted by molar-refractivity contribution is 5.33. The molecular weight excluding hydrogens is 238 g/mol. The number of nitrogens with one attached hydrogen (secondary N) is 1. The first-order valence-corrected chi connectivity index (χ1v) is 6.62. The van der Waals surface area contributed by atoms with Gasteiger partial charge in [0.25, 0.3) is 0 Å². The van der Waals surface area contributed by atoms with Gasteiger partial charge in [-0.3, -0.25) is 0 Å². The second-order valence-corrected chi connectivity index (χ2v) is 4.72. The lowest BCUT2D eigenvalue weighted by Gasteiger charge is -2.17. The molecule has 0 aliphatic heterocycles. The smallest absolute Gasteiger partial charge is 0.122 e. The molecule has 0 fully saturated rings. The Morgan fingerprint density at radius 3 is 2.68 bits per heavy atom. The van der Waals surface area contributed by atoms with Crippen LogP contribution < -0.4 is 10.1 Å². The fourth-order valence-corrected chi connectivity index (χ4v) is 2.40. The summed E-state index contributed by atoms with van der Waals surface area (Å²) < 4.78 is 10.9. The van der Waals surface area contributed by atoms with E-state index in [4.69, 9.17) is 9.15 Å². The predicted octanol–water partition coefficient (Wildman–Crippen LogP) is 2.91. The van der Waals surface area contributed by atoms with Crippen molar-refractivity contribution in [2.24, 2.45) is 5.92 Å². The lowest BCUT2D eigenvalue weighted by atomic mass is 9.94. The average Bonchev–Trinajstić information content (AvgIpc) is 2.92. The molecule has 2 aromatic rings. The van der Waals surface area contributed by atoms with Gasteiger partial charge in [0, 0.05) is 6.42 Å². The van der Waals surface area contributed by atoms with Crippen molar-refractivity contribution in [1.82, 2.24) is 5.32 Å². The lowest BCUT2D eigenvalue weighted by molar-refractivity contribution is 0.393. The number of hydrogen-bond donors (Lipinski definition) is 1. The predicted molar refractivity (Wildman–Crippen MR) is 76.5 cm³/mol. The Labute approximate surface area is 114 Å². The minimum Gasteiger partial charge on any atom is -0.496 e. The van der Waals surface area contributed by atoms with Gasteiger partial charge < -0.3 is 14.5 Å². The van der Waals surface area contributed by atoms with E-state index in [0.717, 1.165) is 30.9 Å². The molecule has 0 saturated carbocycles. The SMILES string of the molecule is CNCC(Cc1ccco1)Cc1ccccc1OC. The summed E-state index contributed by atoms with van der Waals surface area (Å²) in [4.78, 5) is 0. The maximum Gasteiger partial charge on any atom is 0.122 e. The molecule has 1 aromatic carbocycles. The summed E-state index contributed by atoms with van der Waals surface area (Å²) >= 11 is 0. The maximum atomic E-state index is 5.45. The van der Waals surface area contributed by atoms with E-state index in [-0.39, 0.29) is 0 Å². The molecule has 0 aliphatic carbocycles. The zero-order valence-electron chi connectivity index (χ0n) is 11.6. The van der Waals surface area contributed by atoms with Crippen LogP contribution in [-0.4, -0.2) is 20.7 Å². The Morgan fingerprint density at radius 2 is 2.00 bits per heavy atom. The van der Waals surface area contributed by atoms with Crippen LogP contribution in [0.1, 0.15) is 11.3 Å². The number of benzene rings is 1. The lowest BCUT2D eigenvalue weighted by Crippen LogP contribution is -2.22. The molecule has 1 heterocycles. The van der Waals surface area contributed by atoms with Gasteiger partial charge in [-0.25, -0.2) is 0 Å². The van der Waals surface area contributed by atoms with E-state index in [1.54, 1.807) is 13.4 Å². The molecule has 0 bridgehead atoms. The van der Waals surface area contributed by atoms with Crippen molar-refractivity contribution in [3.8, 4) is 5.75 Å². The molecule has 0 amide bonds. The van der Waals surface area contributed by atoms with E-state index in [9.17, 15) is 0 Å². The average molecular weight is 259 g/mol. The first kappa shape index (κ1) is 13.7. The highest BCUT2D eigenvalue weighted by Crippen LogP contribution is 2.22. The van der Waals surface area contributed by atoms with Crippen LogP contribution in [0.15, 0.2) is 47.1 Å². The number of para-hydroxylation sites is 1. The Bertz CT molecular complexity index is 479. The third-order valence-electron chi connectivity index (χ3n) is 3.26. The van der Waals surface area contributed by atoms with Crippen molar-refractivity contribution in [3.05, 3.63) is 54.0 Å². The quantitative estimate of drug-likeness (QED) is 0.830. The largest absolute Gasteiger partial charge is 0.496 e. The fourth-order valence-electron chi connectivity index (χ4n) is 2.40. The van der Waals surface area contributed by atoms with E-state index in [2.05, 4.69) is 17.4 Å². The van der Waals surface area contributed by atoms with Crippen LogP contribution in [0.4, 0.5) is 0 Å². The molecule has 1 unspecified atom stereocenters. The molecule has 2 rings (SSSR count). The summed E-state index contributed by atoms with van der Waals surface area (Å²) in [6, 6.07) is 12.2. The van der Waals surface area contributed by atoms with Crippen LogP contribution >= 0.6 is 0 Å². The van der Waals surface area contributed by atoms with Gasteiger partial charge in [-0.15, -0.1) is 0 Å². The summed E-state index contributed by atoms with van der Waals surface area (Å²) in [5.74, 6) is 2.49. The number of ether oxygens (including phenoxy) is 1. The topological polar surface area (TPSA) is 34.4 Å². The van der Waals surface area contributed by atoms with E-state index in [1.165, 1.54) is 5.56 Å². The van der Waals surface area contributed by atoms with Crippen molar-refractivity contribution in [2.45, 2.75) is 12.8 Å². The van der Waals surface area contributed by atoms with Crippen LogP contribution in [0.3, 0.4) is 0 Å². The summed E-state index contributed by atoms with van der Waals surface area (Å²) in [6.07, 6.45) is 3.65. The Hall–Kier alpha value is -1.74. The maximum absolute atomic E-state index is 5.45. The first-order chi connectivity index (χ1) is 9.33. The number of rotatable bonds is 7. The van der Waals surface area contributed by atoms with Crippen molar-refractivity contribution in [1.29, 1.82) is 0 Å². The highest BCUT2D eigenvalue weighted by atomic mass is 16.5. The Morgan fingerprint density at radius 1 is 1.16 bits per heavy atom. The van der Waals surface area contributed by atoms with Crippen molar-refractivity contribution >= 4 is 0 Å². The van der Waals surface area contributed by atoms with Crippen LogP contribution in [-0.2, 0) is 12.8 Å².